The zero-order chi connectivity index (χ0) is 15.4. The third-order valence-corrected chi connectivity index (χ3v) is 3.93. The maximum absolute atomic E-state index is 9.16. The Morgan fingerprint density at radius 3 is 2.45 bits per heavy atom. The number of benzene rings is 1. The summed E-state index contributed by atoms with van der Waals surface area (Å²) < 4.78 is 5.17. The van der Waals surface area contributed by atoms with Crippen LogP contribution in [-0.4, -0.2) is 46.1 Å². The van der Waals surface area contributed by atoms with Crippen molar-refractivity contribution in [3.63, 3.8) is 0 Å². The van der Waals surface area contributed by atoms with Crippen molar-refractivity contribution in [3.8, 4) is 6.07 Å². The van der Waals surface area contributed by atoms with Crippen LogP contribution >= 0.6 is 0 Å². The Hall–Kier alpha value is -2.23. The molecule has 1 aromatic heterocycles. The van der Waals surface area contributed by atoms with Crippen molar-refractivity contribution in [2.45, 2.75) is 20.0 Å². The number of nitriles is 1. The van der Waals surface area contributed by atoms with Gasteiger partial charge in [0.25, 0.3) is 0 Å². The monoisotopic (exact) mass is 297 g/mol. The minimum absolute atomic E-state index is 0.681. The molecule has 0 radical (unpaired) electrons. The Morgan fingerprint density at radius 2 is 1.82 bits per heavy atom. The van der Waals surface area contributed by atoms with Crippen LogP contribution in [0.2, 0.25) is 0 Å². The largest absolute Gasteiger partial charge is 0.338 e. The Bertz CT molecular complexity index is 667. The number of nitrogens with zero attached hydrogens (tertiary/aromatic N) is 5. The summed E-state index contributed by atoms with van der Waals surface area (Å²) in [5.74, 6) is 1.36. The summed E-state index contributed by atoms with van der Waals surface area (Å²) in [6.07, 6.45) is 0. The summed E-state index contributed by atoms with van der Waals surface area (Å²) in [7, 11) is 0. The molecule has 22 heavy (non-hydrogen) atoms. The molecule has 1 aliphatic rings. The van der Waals surface area contributed by atoms with Crippen molar-refractivity contribution in [3.05, 3.63) is 47.1 Å². The summed E-state index contributed by atoms with van der Waals surface area (Å²) in [4.78, 5) is 8.94. The summed E-state index contributed by atoms with van der Waals surface area (Å²) in [6.45, 7) is 7.27. The van der Waals surface area contributed by atoms with Gasteiger partial charge >= 0.3 is 0 Å². The number of hydrogen-bond acceptors (Lipinski definition) is 6. The molecule has 3 rings (SSSR count). The van der Waals surface area contributed by atoms with Crippen LogP contribution in [0.4, 0.5) is 0 Å². The van der Waals surface area contributed by atoms with Crippen LogP contribution in [0.3, 0.4) is 0 Å². The first-order valence-electron chi connectivity index (χ1n) is 7.46. The smallest absolute Gasteiger partial charge is 0.240 e. The quantitative estimate of drug-likeness (QED) is 0.853. The van der Waals surface area contributed by atoms with E-state index >= 15 is 0 Å². The van der Waals surface area contributed by atoms with Crippen LogP contribution in [0.1, 0.15) is 22.8 Å². The van der Waals surface area contributed by atoms with Gasteiger partial charge in [-0.05, 0) is 18.6 Å². The van der Waals surface area contributed by atoms with Gasteiger partial charge in [0.05, 0.1) is 18.2 Å². The van der Waals surface area contributed by atoms with Crippen molar-refractivity contribution in [2.75, 3.05) is 26.2 Å². The van der Waals surface area contributed by atoms with Gasteiger partial charge in [0.15, 0.2) is 5.82 Å². The van der Waals surface area contributed by atoms with Crippen molar-refractivity contribution >= 4 is 0 Å². The standard InChI is InChI=1S/C16H19N5O/c1-13-18-16(22-19-13)12-21-8-6-20(7-9-21)11-15-5-3-2-4-14(15)10-17/h2-5H,6-9,11-12H2,1H3. The summed E-state index contributed by atoms with van der Waals surface area (Å²) in [5.41, 5.74) is 1.87. The molecule has 0 aliphatic carbocycles. The second-order valence-electron chi connectivity index (χ2n) is 5.56. The number of piperazine rings is 1. The summed E-state index contributed by atoms with van der Waals surface area (Å²) >= 11 is 0. The molecule has 2 aromatic rings. The van der Waals surface area contributed by atoms with Gasteiger partial charge in [-0.25, -0.2) is 0 Å². The van der Waals surface area contributed by atoms with Gasteiger partial charge in [0, 0.05) is 32.7 Å². The average Bonchev–Trinajstić information content (AvgIpc) is 2.95. The molecule has 2 heterocycles. The highest BCUT2D eigenvalue weighted by atomic mass is 16.5. The minimum atomic E-state index is 0.681. The molecule has 0 spiro atoms. The van der Waals surface area contributed by atoms with Crippen LogP contribution in [-0.2, 0) is 13.1 Å². The molecule has 0 N–H and O–H groups in total. The third kappa shape index (κ3) is 3.50. The van der Waals surface area contributed by atoms with Crippen molar-refractivity contribution < 1.29 is 4.52 Å². The zero-order valence-corrected chi connectivity index (χ0v) is 12.7. The van der Waals surface area contributed by atoms with Crippen LogP contribution in [0, 0.1) is 18.3 Å². The number of aryl methyl sites for hydroxylation is 1. The second kappa shape index (κ2) is 6.69. The number of rotatable bonds is 4. The minimum Gasteiger partial charge on any atom is -0.338 e. The average molecular weight is 297 g/mol. The molecule has 1 aliphatic heterocycles. The maximum Gasteiger partial charge on any atom is 0.240 e. The molecule has 0 unspecified atom stereocenters. The fraction of sp³-hybridized carbons (Fsp3) is 0.438. The highest BCUT2D eigenvalue weighted by molar-refractivity contribution is 5.37. The Morgan fingerprint density at radius 1 is 1.14 bits per heavy atom. The van der Waals surface area contributed by atoms with E-state index in [9.17, 15) is 0 Å². The zero-order valence-electron chi connectivity index (χ0n) is 12.7. The highest BCUT2D eigenvalue weighted by Crippen LogP contribution is 2.13. The number of aromatic nitrogens is 2. The van der Waals surface area contributed by atoms with Crippen LogP contribution in [0.25, 0.3) is 0 Å². The highest BCUT2D eigenvalue weighted by Gasteiger charge is 2.19. The predicted octanol–water partition coefficient (Wildman–Crippen LogP) is 1.57. The van der Waals surface area contributed by atoms with Crippen molar-refractivity contribution in [2.24, 2.45) is 0 Å². The van der Waals surface area contributed by atoms with Gasteiger partial charge in [-0.2, -0.15) is 10.2 Å². The molecule has 1 aromatic carbocycles. The molecule has 0 saturated carbocycles. The summed E-state index contributed by atoms with van der Waals surface area (Å²) in [5, 5.41) is 13.0. The lowest BCUT2D eigenvalue weighted by molar-refractivity contribution is 0.112. The van der Waals surface area contributed by atoms with Crippen LogP contribution in [0.5, 0.6) is 0 Å². The number of hydrogen-bond donors (Lipinski definition) is 0. The Kier molecular flexibility index (Phi) is 4.47. The first-order chi connectivity index (χ1) is 10.7. The van der Waals surface area contributed by atoms with Crippen molar-refractivity contribution in [1.29, 1.82) is 5.26 Å². The van der Waals surface area contributed by atoms with E-state index in [2.05, 4.69) is 26.0 Å². The van der Waals surface area contributed by atoms with Crippen LogP contribution < -0.4 is 0 Å². The SMILES string of the molecule is Cc1noc(CN2CCN(Cc3ccccc3C#N)CC2)n1. The molecule has 6 nitrogen and oxygen atoms in total. The van der Waals surface area contributed by atoms with E-state index in [1.165, 1.54) is 0 Å². The van der Waals surface area contributed by atoms with Crippen molar-refractivity contribution in [1.82, 2.24) is 19.9 Å². The molecule has 1 fully saturated rings. The van der Waals surface area contributed by atoms with E-state index in [4.69, 9.17) is 9.78 Å². The lowest BCUT2D eigenvalue weighted by Crippen LogP contribution is -2.45. The third-order valence-electron chi connectivity index (χ3n) is 3.93. The normalized spacial score (nSPS) is 16.5. The lowest BCUT2D eigenvalue weighted by Gasteiger charge is -2.34. The molecule has 6 heteroatoms. The molecule has 0 bridgehead atoms. The Labute approximate surface area is 129 Å². The fourth-order valence-electron chi connectivity index (χ4n) is 2.71. The second-order valence-corrected chi connectivity index (χ2v) is 5.56. The van der Waals surface area contributed by atoms with Gasteiger partial charge in [-0.1, -0.05) is 23.4 Å². The first-order valence-corrected chi connectivity index (χ1v) is 7.46. The van der Waals surface area contributed by atoms with E-state index in [1.54, 1.807) is 0 Å². The van der Waals surface area contributed by atoms with E-state index in [-0.39, 0.29) is 0 Å². The lowest BCUT2D eigenvalue weighted by atomic mass is 10.1. The summed E-state index contributed by atoms with van der Waals surface area (Å²) in [6, 6.07) is 10.1. The van der Waals surface area contributed by atoms with Crippen LogP contribution in [0.15, 0.2) is 28.8 Å². The van der Waals surface area contributed by atoms with Gasteiger partial charge in [0.2, 0.25) is 5.89 Å². The molecule has 1 saturated heterocycles. The van der Waals surface area contributed by atoms with Gasteiger partial charge < -0.3 is 4.52 Å². The topological polar surface area (TPSA) is 69.2 Å². The molecule has 114 valence electrons. The predicted molar refractivity (Wildman–Crippen MR) is 80.7 cm³/mol. The van der Waals surface area contributed by atoms with Gasteiger partial charge in [0.1, 0.15) is 0 Å². The molecular weight excluding hydrogens is 278 g/mol. The molecule has 0 atom stereocenters. The van der Waals surface area contributed by atoms with E-state index < -0.39 is 0 Å². The van der Waals surface area contributed by atoms with E-state index in [0.29, 0.717) is 18.3 Å². The van der Waals surface area contributed by atoms with Gasteiger partial charge in [-0.15, -0.1) is 0 Å². The maximum atomic E-state index is 9.16. The molecular formula is C16H19N5O. The fourth-order valence-corrected chi connectivity index (χ4v) is 2.71. The van der Waals surface area contributed by atoms with E-state index in [1.807, 2.05) is 31.2 Å². The van der Waals surface area contributed by atoms with Gasteiger partial charge in [-0.3, -0.25) is 9.80 Å². The molecule has 0 amide bonds. The van der Waals surface area contributed by atoms with E-state index in [0.717, 1.165) is 43.9 Å². The first kappa shape index (κ1) is 14.7. The Balaban J connectivity index is 1.52.